The van der Waals surface area contributed by atoms with E-state index in [0.717, 1.165) is 57.1 Å². The molecule has 68 heavy (non-hydrogen) atoms. The van der Waals surface area contributed by atoms with Gasteiger partial charge in [0.15, 0.2) is 11.4 Å². The number of fused-ring (bicyclic) bond motifs is 2. The van der Waals surface area contributed by atoms with Gasteiger partial charge in [-0.2, -0.15) is 0 Å². The fourth-order valence-corrected chi connectivity index (χ4v) is 12.7. The minimum absolute atomic E-state index is 0.0196. The van der Waals surface area contributed by atoms with Gasteiger partial charge in [-0.1, -0.05) is 45.0 Å². The van der Waals surface area contributed by atoms with E-state index < -0.39 is 42.9 Å². The second-order valence-electron chi connectivity index (χ2n) is 21.2. The fourth-order valence-electron chi connectivity index (χ4n) is 11.7. The molecule has 0 bridgehead atoms. The normalized spacial score (nSPS) is 24.2. The third kappa shape index (κ3) is 8.88. The molecular weight excluding hydrogens is 890 g/mol. The van der Waals surface area contributed by atoms with Gasteiger partial charge in [-0.3, -0.25) is 19.8 Å². The average Bonchev–Trinajstić information content (AvgIpc) is 3.93. The van der Waals surface area contributed by atoms with Gasteiger partial charge in [-0.15, -0.1) is 0 Å². The number of H-pyrrole nitrogens is 1. The predicted molar refractivity (Wildman–Crippen MR) is 257 cm³/mol. The number of nitrogens with one attached hydrogen (secondary N) is 3. The Morgan fingerprint density at radius 3 is 2.51 bits per heavy atom. The minimum Gasteiger partial charge on any atom is -0.489 e. The highest BCUT2D eigenvalue weighted by Gasteiger charge is 2.50. The van der Waals surface area contributed by atoms with Crippen LogP contribution in [0.5, 0.6) is 17.2 Å². The van der Waals surface area contributed by atoms with Crippen LogP contribution in [0.3, 0.4) is 0 Å². The van der Waals surface area contributed by atoms with Gasteiger partial charge in [0, 0.05) is 55.3 Å². The van der Waals surface area contributed by atoms with Crippen LogP contribution in [-0.4, -0.2) is 83.1 Å². The molecule has 17 heteroatoms. The first-order valence-corrected chi connectivity index (χ1v) is 25.4. The van der Waals surface area contributed by atoms with Crippen molar-refractivity contribution in [3.05, 3.63) is 106 Å². The maximum Gasteiger partial charge on any atom is 0.297 e. The summed E-state index contributed by atoms with van der Waals surface area (Å²) in [6.07, 6.45) is 11.8. The Balaban J connectivity index is 0.862. The smallest absolute Gasteiger partial charge is 0.297 e. The number of anilines is 2. The number of aromatic nitrogens is 2. The molecule has 2 atom stereocenters. The Hall–Kier alpha value is -5.78. The number of hydrogen-bond acceptors (Lipinski definition) is 12. The number of benzene rings is 3. The summed E-state index contributed by atoms with van der Waals surface area (Å²) in [5.41, 5.74) is 2.94. The van der Waals surface area contributed by atoms with Crippen LogP contribution in [0.1, 0.15) is 119 Å². The van der Waals surface area contributed by atoms with Gasteiger partial charge in [0.2, 0.25) is 0 Å². The van der Waals surface area contributed by atoms with Crippen molar-refractivity contribution in [3.8, 4) is 17.2 Å². The lowest BCUT2D eigenvalue weighted by Crippen LogP contribution is -2.55. The molecule has 360 valence electrons. The number of piperidine rings is 1. The van der Waals surface area contributed by atoms with Crippen LogP contribution < -0.4 is 24.4 Å². The highest BCUT2D eigenvalue weighted by molar-refractivity contribution is 7.90. The van der Waals surface area contributed by atoms with Crippen LogP contribution >= 0.6 is 0 Å². The molecule has 1 amide bonds. The average molecular weight is 950 g/mol. The lowest BCUT2D eigenvalue weighted by molar-refractivity contribution is -0.384. The summed E-state index contributed by atoms with van der Waals surface area (Å²) in [5.74, 6) is -1.37. The quantitative estimate of drug-likeness (QED) is 0.0767. The number of ether oxygens (including phenoxy) is 2. The second-order valence-corrected chi connectivity index (χ2v) is 22.9. The number of nitro groups is 1. The summed E-state index contributed by atoms with van der Waals surface area (Å²) in [7, 11) is -4.71. The molecule has 2 aromatic heterocycles. The van der Waals surface area contributed by atoms with Crippen molar-refractivity contribution in [1.29, 1.82) is 0 Å². The Morgan fingerprint density at radius 1 is 1.03 bits per heavy atom. The first-order valence-electron chi connectivity index (χ1n) is 23.9. The summed E-state index contributed by atoms with van der Waals surface area (Å²) in [5, 5.41) is 26.2. The maximum atomic E-state index is 14.7. The Morgan fingerprint density at radius 2 is 1.78 bits per heavy atom. The maximum absolute atomic E-state index is 14.7. The summed E-state index contributed by atoms with van der Waals surface area (Å²) >= 11 is 0. The number of aliphatic hydroxyl groups is 1. The van der Waals surface area contributed by atoms with Crippen molar-refractivity contribution in [1.82, 2.24) is 19.6 Å². The third-order valence-electron chi connectivity index (χ3n) is 15.5. The van der Waals surface area contributed by atoms with Crippen LogP contribution in [0.15, 0.2) is 78.0 Å². The van der Waals surface area contributed by atoms with Crippen LogP contribution in [0.2, 0.25) is 0 Å². The van der Waals surface area contributed by atoms with E-state index in [1.165, 1.54) is 54.6 Å². The summed E-state index contributed by atoms with van der Waals surface area (Å²) in [6.45, 7) is 11.5. The zero-order chi connectivity index (χ0) is 47.8. The fraction of sp³-hybridized carbons (Fsp3) is 0.490. The third-order valence-corrected chi connectivity index (χ3v) is 16.8. The number of amides is 1. The molecule has 1 spiro atoms. The lowest BCUT2D eigenvalue weighted by Gasteiger charge is -2.56. The van der Waals surface area contributed by atoms with Crippen molar-refractivity contribution in [2.75, 3.05) is 36.5 Å². The highest BCUT2D eigenvalue weighted by Crippen LogP contribution is 2.55. The lowest BCUT2D eigenvalue weighted by atomic mass is 9.59. The molecule has 0 radical (unpaired) electrons. The zero-order valence-electron chi connectivity index (χ0n) is 39.0. The summed E-state index contributed by atoms with van der Waals surface area (Å²) in [6, 6.07) is 18.1. The van der Waals surface area contributed by atoms with Gasteiger partial charge in [0.25, 0.3) is 21.6 Å². The minimum atomic E-state index is -4.71. The van der Waals surface area contributed by atoms with E-state index in [1.54, 1.807) is 19.1 Å². The molecule has 3 aromatic carbocycles. The van der Waals surface area contributed by atoms with Crippen molar-refractivity contribution < 1.29 is 37.1 Å². The Bertz CT molecular complexity index is 2870. The van der Waals surface area contributed by atoms with Crippen LogP contribution in [0.25, 0.3) is 11.0 Å². The van der Waals surface area contributed by atoms with Crippen LogP contribution in [0.4, 0.5) is 21.5 Å². The number of rotatable bonds is 10. The molecule has 10 rings (SSSR count). The first-order chi connectivity index (χ1) is 32.4. The van der Waals surface area contributed by atoms with Crippen molar-refractivity contribution in [3.63, 3.8) is 0 Å². The monoisotopic (exact) mass is 949 g/mol. The highest BCUT2D eigenvalue weighted by atomic mass is 32.2. The number of hydrogen-bond donors (Lipinski definition) is 4. The molecule has 2 saturated heterocycles. The molecule has 3 aliphatic heterocycles. The number of likely N-dealkylation sites (tertiary alicyclic amines) is 1. The van der Waals surface area contributed by atoms with E-state index in [9.17, 15) is 32.8 Å². The zero-order valence-corrected chi connectivity index (χ0v) is 39.8. The molecule has 5 aromatic rings. The van der Waals surface area contributed by atoms with Crippen LogP contribution in [0, 0.1) is 27.3 Å². The predicted octanol–water partition coefficient (Wildman–Crippen LogP) is 9.52. The van der Waals surface area contributed by atoms with Crippen LogP contribution in [-0.2, 0) is 15.4 Å². The molecule has 4 N–H and O–H groups in total. The van der Waals surface area contributed by atoms with E-state index in [1.807, 2.05) is 0 Å². The van der Waals surface area contributed by atoms with Gasteiger partial charge >= 0.3 is 0 Å². The van der Waals surface area contributed by atoms with E-state index in [2.05, 4.69) is 74.8 Å². The molecule has 15 nitrogen and oxygen atoms in total. The number of nitrogens with zero attached hydrogens (tertiary/aromatic N) is 4. The first kappa shape index (κ1) is 46.0. The molecular formula is C51H60FN7O8S. The number of halogens is 1. The standard InChI is InChI=1S/C51H60FN7O8S/c1-49(2,3)39-9-6-5-8-36(39)42-10-7-19-58(42)33-26-51(27-33)17-20-57(21-18-51)32-11-12-37(44(22-32)67-34-23-38-40(52)29-54-47(38)53-28-34)48(60)56-68(64,65)35-24-43(59(62)63)46-45(25-35)66-30-41(55-46)31-13-15-50(4,61)16-14-31/h5-6,8-9,11-12,22-25,28-29,31,33,41-42,55,61H,7,10,13-21,26-27,30H2,1-4H3,(H,53,54)(H,56,60)/t31?,41-,42-,50?/m1/s1. The molecule has 2 aliphatic carbocycles. The second kappa shape index (κ2) is 17.3. The number of pyridine rings is 1. The summed E-state index contributed by atoms with van der Waals surface area (Å²) < 4.78 is 57.0. The van der Waals surface area contributed by atoms with Gasteiger partial charge in [0.05, 0.1) is 38.6 Å². The van der Waals surface area contributed by atoms with Gasteiger partial charge in [-0.25, -0.2) is 22.5 Å². The van der Waals surface area contributed by atoms with E-state index in [4.69, 9.17) is 9.47 Å². The summed E-state index contributed by atoms with van der Waals surface area (Å²) in [4.78, 5) is 37.3. The van der Waals surface area contributed by atoms with Crippen molar-refractivity contribution >= 4 is 44.0 Å². The number of sulfonamides is 1. The molecule has 5 aliphatic rings. The number of nitro benzene ring substituents is 1. The number of carbonyl (C=O) groups is 1. The largest absolute Gasteiger partial charge is 0.489 e. The Kier molecular flexibility index (Phi) is 11.7. The SMILES string of the molecule is CC1(O)CCC([C@H]2COc3cc(S(=O)(=O)NC(=O)c4ccc(N5CCC6(CC5)CC(N5CCC[C@@H]5c5ccccc5C(C)(C)C)C6)cc4Oc4cnc5[nH]cc(F)c5c4)cc([N+](=O)[O-])c3N2)CC1. The van der Waals surface area contributed by atoms with Crippen molar-refractivity contribution in [2.45, 2.75) is 126 Å². The molecule has 0 unspecified atom stereocenters. The Labute approximate surface area is 396 Å². The van der Waals surface area contributed by atoms with Gasteiger partial charge < -0.3 is 29.8 Å². The number of aromatic amines is 1. The number of carbonyl (C=O) groups excluding carboxylic acids is 1. The van der Waals surface area contributed by atoms with E-state index >= 15 is 0 Å². The molecule has 2 saturated carbocycles. The van der Waals surface area contributed by atoms with Gasteiger partial charge in [0.1, 0.15) is 29.6 Å². The van der Waals surface area contributed by atoms with E-state index in [0.29, 0.717) is 43.4 Å². The van der Waals surface area contributed by atoms with Crippen molar-refractivity contribution in [2.24, 2.45) is 11.3 Å². The van der Waals surface area contributed by atoms with Gasteiger partial charge in [-0.05, 0) is 124 Å². The topological polar surface area (TPSA) is 192 Å². The van der Waals surface area contributed by atoms with E-state index in [-0.39, 0.29) is 63.3 Å². The molecule has 4 fully saturated rings. The molecule has 5 heterocycles.